The Bertz CT molecular complexity index is 2290. The molecule has 4 heteroatoms. The molecule has 5 aromatic carbocycles. The second kappa shape index (κ2) is 9.05. The van der Waals surface area contributed by atoms with Gasteiger partial charge in [-0.2, -0.15) is 0 Å². The van der Waals surface area contributed by atoms with E-state index in [1.54, 1.807) is 0 Å². The van der Waals surface area contributed by atoms with Crippen LogP contribution < -0.4 is 4.95 Å². The average molecular weight is 534 g/mol. The van der Waals surface area contributed by atoms with Crippen molar-refractivity contribution in [2.24, 2.45) is 0 Å². The lowest BCUT2D eigenvalue weighted by atomic mass is 10.0. The Balaban J connectivity index is 1.43. The van der Waals surface area contributed by atoms with E-state index in [2.05, 4.69) is 102 Å². The van der Waals surface area contributed by atoms with Crippen LogP contribution >= 0.6 is 7.53 Å². The Hall–Kier alpha value is -4.98. The van der Waals surface area contributed by atoms with Gasteiger partial charge in [-0.25, -0.2) is 0 Å². The van der Waals surface area contributed by atoms with Crippen molar-refractivity contribution >= 4 is 57.3 Å². The summed E-state index contributed by atoms with van der Waals surface area (Å²) in [4.78, 5) is 0.903. The fraction of sp³-hybridized carbons (Fsp3) is 0. The van der Waals surface area contributed by atoms with E-state index in [0.29, 0.717) is 0 Å². The standard InChI is InChI=1S/C36H24NO2P/c38-23-28-13-5-4-10-25-20-26(22-34-36(25)40(28)35-17-9-8-16-33(35)39-34)24-18-19-32-30(21-24)29-14-6-7-15-31(29)37(32)27-11-2-1-3-12-27/h1-23,38H/b10-4?,13-5?,28-23-. The van der Waals surface area contributed by atoms with Crippen molar-refractivity contribution in [3.05, 3.63) is 138 Å². The Morgan fingerprint density at radius 2 is 1.35 bits per heavy atom. The number of aliphatic hydroxyl groups is 1. The first kappa shape index (κ1) is 23.0. The molecule has 0 fully saturated rings. The van der Waals surface area contributed by atoms with Gasteiger partial charge in [-0.05, 0) is 77.2 Å². The molecule has 0 amide bonds. The first-order chi connectivity index (χ1) is 19.8. The van der Waals surface area contributed by atoms with E-state index in [1.165, 1.54) is 28.1 Å². The van der Waals surface area contributed by atoms with E-state index in [9.17, 15) is 5.11 Å². The van der Waals surface area contributed by atoms with E-state index >= 15 is 0 Å². The summed E-state index contributed by atoms with van der Waals surface area (Å²) in [5.74, 6) is 0. The van der Waals surface area contributed by atoms with Crippen LogP contribution in [0.5, 0.6) is 0 Å². The van der Waals surface area contributed by atoms with Crippen LogP contribution in [0.4, 0.5) is 0 Å². The van der Waals surface area contributed by atoms with Gasteiger partial charge in [0.1, 0.15) is 11.2 Å². The number of hydrogen-bond donors (Lipinski definition) is 1. The van der Waals surface area contributed by atoms with Crippen LogP contribution in [0.25, 0.3) is 71.9 Å². The van der Waals surface area contributed by atoms with Gasteiger partial charge < -0.3 is 14.1 Å². The van der Waals surface area contributed by atoms with E-state index in [4.69, 9.17) is 4.42 Å². The number of rotatable bonds is 2. The monoisotopic (exact) mass is 533 g/mol. The molecule has 0 spiro atoms. The topological polar surface area (TPSA) is 38.3 Å². The molecule has 0 aliphatic carbocycles. The molecule has 190 valence electrons. The highest BCUT2D eigenvalue weighted by Crippen LogP contribution is 2.50. The average Bonchev–Trinajstić information content (AvgIpc) is 3.33. The highest BCUT2D eigenvalue weighted by molar-refractivity contribution is 7.62. The molecule has 2 aliphatic rings. The van der Waals surface area contributed by atoms with Crippen molar-refractivity contribution in [1.82, 2.24) is 4.57 Å². The molecule has 0 bridgehead atoms. The third-order valence-corrected chi connectivity index (χ3v) is 10.3. The lowest BCUT2D eigenvalue weighted by Gasteiger charge is -2.16. The maximum absolute atomic E-state index is 10.2. The van der Waals surface area contributed by atoms with Crippen molar-refractivity contribution in [2.45, 2.75) is 0 Å². The highest BCUT2D eigenvalue weighted by atomic mass is 31.1. The van der Waals surface area contributed by atoms with Gasteiger partial charge in [-0.1, -0.05) is 80.3 Å². The summed E-state index contributed by atoms with van der Waals surface area (Å²) in [5, 5.41) is 16.0. The number of nitrogens with zero attached hydrogens (tertiary/aromatic N) is 1. The van der Waals surface area contributed by atoms with Crippen molar-refractivity contribution in [2.75, 3.05) is 0 Å². The summed E-state index contributed by atoms with van der Waals surface area (Å²) in [6, 6.07) is 46.7. The smallest absolute Gasteiger partial charge is 0.140 e. The van der Waals surface area contributed by atoms with E-state index in [0.717, 1.165) is 48.7 Å². The van der Waals surface area contributed by atoms with Gasteiger partial charge in [0.05, 0.1) is 17.3 Å². The van der Waals surface area contributed by atoms with Gasteiger partial charge >= 0.3 is 0 Å². The molecule has 6 aromatic rings. The molecule has 3 nitrogen and oxygen atoms in total. The molecule has 8 rings (SSSR count). The minimum atomic E-state index is -0.953. The minimum Gasteiger partial charge on any atom is -0.515 e. The molecule has 3 heterocycles. The Morgan fingerprint density at radius 3 is 2.25 bits per heavy atom. The Kier molecular flexibility index (Phi) is 5.19. The van der Waals surface area contributed by atoms with Gasteiger partial charge in [0.15, 0.2) is 0 Å². The van der Waals surface area contributed by atoms with Crippen LogP contribution in [0.15, 0.2) is 138 Å². The Morgan fingerprint density at radius 1 is 0.600 bits per heavy atom. The van der Waals surface area contributed by atoms with E-state index in [-0.39, 0.29) is 0 Å². The third-order valence-electron chi connectivity index (χ3n) is 7.72. The van der Waals surface area contributed by atoms with Gasteiger partial charge in [0.25, 0.3) is 0 Å². The predicted octanol–water partition coefficient (Wildman–Crippen LogP) is 9.90. The number of fused-ring (bicyclic) bond motifs is 5. The van der Waals surface area contributed by atoms with Crippen molar-refractivity contribution < 1.29 is 9.52 Å². The van der Waals surface area contributed by atoms with Crippen LogP contribution in [0, 0.1) is 0 Å². The van der Waals surface area contributed by atoms with Gasteiger partial charge in [-0.3, -0.25) is 0 Å². The van der Waals surface area contributed by atoms with E-state index in [1.807, 2.05) is 36.4 Å². The first-order valence-corrected chi connectivity index (χ1v) is 14.7. The second-order valence-electron chi connectivity index (χ2n) is 10.0. The zero-order chi connectivity index (χ0) is 26.6. The molecule has 1 unspecified atom stereocenters. The quantitative estimate of drug-likeness (QED) is 0.225. The fourth-order valence-corrected chi connectivity index (χ4v) is 8.40. The number of aromatic nitrogens is 1. The third kappa shape index (κ3) is 3.45. The predicted molar refractivity (Wildman–Crippen MR) is 169 cm³/mol. The summed E-state index contributed by atoms with van der Waals surface area (Å²) in [6.07, 6.45) is 1.25. The van der Waals surface area contributed by atoms with Crippen LogP contribution in [0.3, 0.4) is 0 Å². The molecule has 0 saturated heterocycles. The van der Waals surface area contributed by atoms with Gasteiger partial charge in [0, 0.05) is 31.8 Å². The summed E-state index contributed by atoms with van der Waals surface area (Å²) in [5.41, 5.74) is 7.46. The molecular formula is C36H24NO2P. The normalized spacial score (nSPS) is 12.7. The molecule has 40 heavy (non-hydrogen) atoms. The second-order valence-corrected chi connectivity index (χ2v) is 12.1. The maximum Gasteiger partial charge on any atom is 0.140 e. The summed E-state index contributed by atoms with van der Waals surface area (Å²) >= 11 is 0. The number of aliphatic hydroxyl groups excluding tert-OH is 1. The zero-order valence-electron chi connectivity index (χ0n) is 21.5. The molecule has 1 N–H and O–H groups in total. The van der Waals surface area contributed by atoms with E-state index < -0.39 is 7.53 Å². The molecule has 2 aliphatic heterocycles. The molecular weight excluding hydrogens is 509 g/mol. The zero-order valence-corrected chi connectivity index (χ0v) is 22.4. The van der Waals surface area contributed by atoms with Crippen molar-refractivity contribution in [3.8, 4) is 22.1 Å². The van der Waals surface area contributed by atoms with Gasteiger partial charge in [0.2, 0.25) is 0 Å². The minimum absolute atomic E-state index is 0.850. The highest BCUT2D eigenvalue weighted by Gasteiger charge is 2.18. The summed E-state index contributed by atoms with van der Waals surface area (Å²) < 4.78 is 8.88. The molecule has 0 radical (unpaired) electrons. The number of hydrogen-bond acceptors (Lipinski definition) is 2. The molecule has 1 atom stereocenters. The SMILES string of the molecule is O/C=c1/ccccc2cc(-c3ccc4c(c3)c3ccccc3n4-c3ccccc3)cc3oc4ccccc4p1-c23. The van der Waals surface area contributed by atoms with Crippen LogP contribution in [0.1, 0.15) is 0 Å². The van der Waals surface area contributed by atoms with Crippen LogP contribution in [-0.4, -0.2) is 9.67 Å². The number of benzene rings is 5. The first-order valence-electron chi connectivity index (χ1n) is 13.3. The van der Waals surface area contributed by atoms with Crippen LogP contribution in [0.2, 0.25) is 0 Å². The molecule has 1 aromatic heterocycles. The van der Waals surface area contributed by atoms with Gasteiger partial charge in [-0.15, -0.1) is 0 Å². The lowest BCUT2D eigenvalue weighted by Crippen LogP contribution is -1.97. The maximum atomic E-state index is 10.2. The largest absolute Gasteiger partial charge is 0.515 e. The Labute approximate surface area is 231 Å². The van der Waals surface area contributed by atoms with Crippen molar-refractivity contribution in [3.63, 3.8) is 0 Å². The fourth-order valence-electron chi connectivity index (χ4n) is 5.97. The lowest BCUT2D eigenvalue weighted by molar-refractivity contribution is 0.541. The van der Waals surface area contributed by atoms with Crippen LogP contribution in [-0.2, 0) is 0 Å². The molecule has 0 saturated carbocycles. The summed E-state index contributed by atoms with van der Waals surface area (Å²) in [6.45, 7) is 0. The number of para-hydroxylation sites is 3. The van der Waals surface area contributed by atoms with Crippen molar-refractivity contribution in [1.29, 1.82) is 0 Å². The summed E-state index contributed by atoms with van der Waals surface area (Å²) in [7, 11) is -0.953.